The van der Waals surface area contributed by atoms with Gasteiger partial charge in [0.1, 0.15) is 0 Å². The fraction of sp³-hybridized carbons (Fsp3) is 0.250. The molecule has 2 aliphatic carbocycles. The second-order valence-electron chi connectivity index (χ2n) is 7.40. The zero-order valence-corrected chi connectivity index (χ0v) is 16.9. The van der Waals surface area contributed by atoms with E-state index in [4.69, 9.17) is 0 Å². The van der Waals surface area contributed by atoms with Crippen LogP contribution in [0.2, 0.25) is 0 Å². The van der Waals surface area contributed by atoms with Gasteiger partial charge in [-0.05, 0) is 65.8 Å². The Kier molecular flexibility index (Phi) is 6.09. The van der Waals surface area contributed by atoms with Crippen molar-refractivity contribution in [3.8, 4) is 11.1 Å². The molecular formula is C24H27N3O. The van der Waals surface area contributed by atoms with Gasteiger partial charge in [-0.2, -0.15) is 5.10 Å². The molecule has 0 saturated heterocycles. The summed E-state index contributed by atoms with van der Waals surface area (Å²) < 4.78 is 0. The van der Waals surface area contributed by atoms with Gasteiger partial charge in [0.15, 0.2) is 0 Å². The molecule has 28 heavy (non-hydrogen) atoms. The van der Waals surface area contributed by atoms with Gasteiger partial charge in [-0.3, -0.25) is 4.79 Å². The molecule has 2 aliphatic rings. The first kappa shape index (κ1) is 19.6. The molecule has 0 radical (unpaired) electrons. The van der Waals surface area contributed by atoms with Crippen molar-refractivity contribution in [1.29, 1.82) is 0 Å². The molecule has 0 spiro atoms. The minimum absolute atomic E-state index is 0.174. The van der Waals surface area contributed by atoms with Crippen molar-refractivity contribution in [2.45, 2.75) is 33.6 Å². The van der Waals surface area contributed by atoms with Crippen LogP contribution in [0, 0.1) is 13.8 Å². The third kappa shape index (κ3) is 4.58. The number of amides is 1. The van der Waals surface area contributed by atoms with Crippen molar-refractivity contribution in [3.63, 3.8) is 0 Å². The first-order chi connectivity index (χ1) is 13.5. The lowest BCUT2D eigenvalue weighted by molar-refractivity contribution is -0.119. The van der Waals surface area contributed by atoms with Crippen molar-refractivity contribution in [3.05, 3.63) is 76.9 Å². The molecular weight excluding hydrogens is 346 g/mol. The molecule has 0 bridgehead atoms. The lowest BCUT2D eigenvalue weighted by atomic mass is 10.0. The van der Waals surface area contributed by atoms with Crippen LogP contribution in [-0.2, 0) is 4.79 Å². The fourth-order valence-corrected chi connectivity index (χ4v) is 3.29. The molecule has 0 saturated carbocycles. The standard InChI is InChI=1S/C24H27N3O/c1-16(2)19-11-10-17(3)24-20(12-18(4)22(24)13-19)14-26-27-23(28)15-25-21-8-6-5-7-9-21/h5-14,16,25H,15H2,1-4H3,(H,27,28). The molecule has 2 N–H and O–H groups in total. The van der Waals surface area contributed by atoms with E-state index in [0.29, 0.717) is 5.92 Å². The van der Waals surface area contributed by atoms with Crippen molar-refractivity contribution in [2.75, 3.05) is 11.9 Å². The highest BCUT2D eigenvalue weighted by Gasteiger charge is 2.15. The van der Waals surface area contributed by atoms with Crippen LogP contribution in [0.3, 0.4) is 0 Å². The quantitative estimate of drug-likeness (QED) is 0.467. The second-order valence-corrected chi connectivity index (χ2v) is 7.40. The molecule has 1 aromatic carbocycles. The van der Waals surface area contributed by atoms with Gasteiger partial charge in [0.05, 0.1) is 12.8 Å². The second kappa shape index (κ2) is 8.70. The maximum atomic E-state index is 12.0. The number of carbonyl (C=O) groups excluding carboxylic acids is 1. The van der Waals surface area contributed by atoms with Gasteiger partial charge in [0.2, 0.25) is 0 Å². The van der Waals surface area contributed by atoms with Gasteiger partial charge in [-0.15, -0.1) is 0 Å². The number of nitrogens with one attached hydrogen (secondary N) is 2. The fourth-order valence-electron chi connectivity index (χ4n) is 3.29. The van der Waals surface area contributed by atoms with Gasteiger partial charge in [-0.1, -0.05) is 50.2 Å². The summed E-state index contributed by atoms with van der Waals surface area (Å²) in [5, 5.41) is 7.24. The van der Waals surface area contributed by atoms with E-state index < -0.39 is 0 Å². The number of carbonyl (C=O) groups is 1. The van der Waals surface area contributed by atoms with Crippen molar-refractivity contribution >= 4 is 17.8 Å². The topological polar surface area (TPSA) is 53.5 Å². The number of rotatable bonds is 6. The predicted octanol–water partition coefficient (Wildman–Crippen LogP) is 5.09. The first-order valence-corrected chi connectivity index (χ1v) is 9.60. The van der Waals surface area contributed by atoms with Crippen molar-refractivity contribution in [2.24, 2.45) is 5.10 Å². The summed E-state index contributed by atoms with van der Waals surface area (Å²) in [7, 11) is 0. The maximum Gasteiger partial charge on any atom is 0.259 e. The Hall–Kier alpha value is -3.14. The van der Waals surface area contributed by atoms with E-state index in [0.717, 1.165) is 11.3 Å². The monoisotopic (exact) mass is 373 g/mol. The number of para-hydroxylation sites is 1. The van der Waals surface area contributed by atoms with E-state index in [9.17, 15) is 4.79 Å². The third-order valence-electron chi connectivity index (χ3n) is 4.87. The summed E-state index contributed by atoms with van der Waals surface area (Å²) in [6.45, 7) is 8.82. The predicted molar refractivity (Wildman–Crippen MR) is 117 cm³/mol. The number of hydrogen-bond donors (Lipinski definition) is 2. The molecule has 0 fully saturated rings. The Bertz CT molecular complexity index is 961. The number of hydrogen-bond acceptors (Lipinski definition) is 3. The van der Waals surface area contributed by atoms with E-state index in [2.05, 4.69) is 67.8 Å². The zero-order valence-electron chi connectivity index (χ0n) is 16.9. The number of aryl methyl sites for hydroxylation is 2. The van der Waals surface area contributed by atoms with Crippen LogP contribution >= 0.6 is 0 Å². The summed E-state index contributed by atoms with van der Waals surface area (Å²) in [5.41, 5.74) is 10.7. The number of benzene rings is 1. The summed E-state index contributed by atoms with van der Waals surface area (Å²) in [6, 6.07) is 18.4. The van der Waals surface area contributed by atoms with Gasteiger partial charge in [0.25, 0.3) is 5.91 Å². The molecule has 3 rings (SSSR count). The SMILES string of the molecule is Cc1cc(C=NNC(=O)CNc2ccccc2)c2c(C)ccc(C(C)C)cc1-2. The summed E-state index contributed by atoms with van der Waals surface area (Å²) in [6.07, 6.45) is 1.73. The number of nitrogens with zero attached hydrogens (tertiary/aromatic N) is 1. The van der Waals surface area contributed by atoms with Crippen LogP contribution in [-0.4, -0.2) is 18.7 Å². The van der Waals surface area contributed by atoms with Crippen LogP contribution in [0.15, 0.2) is 59.7 Å². The Balaban J connectivity index is 1.71. The average molecular weight is 374 g/mol. The molecule has 4 heteroatoms. The molecule has 144 valence electrons. The molecule has 1 amide bonds. The summed E-state index contributed by atoms with van der Waals surface area (Å²) in [5.74, 6) is 0.287. The van der Waals surface area contributed by atoms with E-state index >= 15 is 0 Å². The third-order valence-corrected chi connectivity index (χ3v) is 4.87. The van der Waals surface area contributed by atoms with Crippen LogP contribution < -0.4 is 10.7 Å². The Labute approximate surface area is 167 Å². The molecule has 0 aliphatic heterocycles. The largest absolute Gasteiger partial charge is 0.376 e. The number of hydrazone groups is 1. The summed E-state index contributed by atoms with van der Waals surface area (Å²) >= 11 is 0. The lowest BCUT2D eigenvalue weighted by Gasteiger charge is -2.05. The highest BCUT2D eigenvalue weighted by Crippen LogP contribution is 2.35. The van der Waals surface area contributed by atoms with E-state index in [1.165, 1.54) is 27.8 Å². The molecule has 0 aromatic heterocycles. The van der Waals surface area contributed by atoms with Gasteiger partial charge in [0, 0.05) is 11.3 Å². The van der Waals surface area contributed by atoms with Crippen LogP contribution in [0.1, 0.15) is 42.0 Å². The number of fused-ring (bicyclic) bond motifs is 1. The lowest BCUT2D eigenvalue weighted by Crippen LogP contribution is -2.25. The Morgan fingerprint density at radius 3 is 2.50 bits per heavy atom. The van der Waals surface area contributed by atoms with E-state index in [-0.39, 0.29) is 12.5 Å². The van der Waals surface area contributed by atoms with Crippen LogP contribution in [0.4, 0.5) is 5.69 Å². The minimum Gasteiger partial charge on any atom is -0.376 e. The average Bonchev–Trinajstić information content (AvgIpc) is 2.87. The minimum atomic E-state index is -0.183. The molecule has 0 heterocycles. The Morgan fingerprint density at radius 1 is 1.04 bits per heavy atom. The molecule has 4 nitrogen and oxygen atoms in total. The van der Waals surface area contributed by atoms with Gasteiger partial charge < -0.3 is 5.32 Å². The highest BCUT2D eigenvalue weighted by molar-refractivity contribution is 5.96. The maximum absolute atomic E-state index is 12.0. The highest BCUT2D eigenvalue weighted by atomic mass is 16.2. The van der Waals surface area contributed by atoms with Crippen LogP contribution in [0.25, 0.3) is 11.1 Å². The molecule has 0 atom stereocenters. The van der Waals surface area contributed by atoms with Gasteiger partial charge >= 0.3 is 0 Å². The smallest absolute Gasteiger partial charge is 0.259 e. The van der Waals surface area contributed by atoms with Gasteiger partial charge in [-0.25, -0.2) is 5.43 Å². The normalized spacial score (nSPS) is 11.3. The molecule has 1 aromatic rings. The molecule has 0 unspecified atom stereocenters. The van der Waals surface area contributed by atoms with E-state index in [1.54, 1.807) is 6.21 Å². The van der Waals surface area contributed by atoms with Crippen molar-refractivity contribution < 1.29 is 4.79 Å². The van der Waals surface area contributed by atoms with Crippen LogP contribution in [0.5, 0.6) is 0 Å². The number of anilines is 1. The first-order valence-electron chi connectivity index (χ1n) is 9.60. The summed E-state index contributed by atoms with van der Waals surface area (Å²) in [4.78, 5) is 12.0. The van der Waals surface area contributed by atoms with Crippen molar-refractivity contribution in [1.82, 2.24) is 5.43 Å². The van der Waals surface area contributed by atoms with E-state index in [1.807, 2.05) is 30.3 Å². The zero-order chi connectivity index (χ0) is 20.1. The Morgan fingerprint density at radius 2 is 1.79 bits per heavy atom.